The fraction of sp³-hybridized carbons (Fsp3) is 0.950. The standard InChI is InChI=1S/C20H34F3N3O3S/c1-3-19(28,20(21,22)23)17(24)9-25-8-12-4-5-13-14(15-10-30-11(2)26-15)7-18(27)29-16(13)6-12/h11-17,25-26,28H,3-10,24H2,1-2H3. The molecule has 0 amide bonds. The maximum Gasteiger partial charge on any atom is 0.418 e. The second kappa shape index (κ2) is 9.52. The molecule has 3 aliphatic rings. The second-order valence-corrected chi connectivity index (χ2v) is 10.4. The van der Waals surface area contributed by atoms with E-state index in [9.17, 15) is 23.1 Å². The topological polar surface area (TPSA) is 96.6 Å². The number of rotatable bonds is 7. The Balaban J connectivity index is 1.51. The van der Waals surface area contributed by atoms with E-state index < -0.39 is 24.2 Å². The number of thioether (sulfide) groups is 1. The number of ether oxygens (including phenoxy) is 1. The van der Waals surface area contributed by atoms with E-state index in [1.807, 2.05) is 11.8 Å². The van der Waals surface area contributed by atoms with Crippen molar-refractivity contribution >= 4 is 17.7 Å². The molecule has 0 radical (unpaired) electrons. The molecule has 2 saturated heterocycles. The number of carbonyl (C=O) groups is 1. The van der Waals surface area contributed by atoms with E-state index in [2.05, 4.69) is 17.6 Å². The van der Waals surface area contributed by atoms with E-state index >= 15 is 0 Å². The molecule has 10 heteroatoms. The fourth-order valence-electron chi connectivity index (χ4n) is 5.22. The highest BCUT2D eigenvalue weighted by atomic mass is 32.2. The van der Waals surface area contributed by atoms with Crippen molar-refractivity contribution in [3.8, 4) is 0 Å². The molecule has 8 unspecified atom stereocenters. The molecule has 30 heavy (non-hydrogen) atoms. The second-order valence-electron chi connectivity index (χ2n) is 9.03. The molecular formula is C20H34F3N3O3S. The van der Waals surface area contributed by atoms with E-state index in [0.717, 1.165) is 18.6 Å². The lowest BCUT2D eigenvalue weighted by Gasteiger charge is -2.45. The van der Waals surface area contributed by atoms with Gasteiger partial charge in [-0.15, -0.1) is 11.8 Å². The molecule has 0 aromatic carbocycles. The average molecular weight is 454 g/mol. The predicted molar refractivity (Wildman–Crippen MR) is 110 cm³/mol. The van der Waals surface area contributed by atoms with Crippen molar-refractivity contribution < 1.29 is 27.8 Å². The fourth-order valence-corrected chi connectivity index (χ4v) is 6.34. The molecule has 174 valence electrons. The number of nitrogens with one attached hydrogen (secondary N) is 2. The summed E-state index contributed by atoms with van der Waals surface area (Å²) in [5, 5.41) is 16.9. The number of esters is 1. The van der Waals surface area contributed by atoms with Crippen LogP contribution in [0.1, 0.15) is 46.0 Å². The van der Waals surface area contributed by atoms with Crippen LogP contribution in [0.25, 0.3) is 0 Å². The molecule has 1 aliphatic carbocycles. The highest BCUT2D eigenvalue weighted by molar-refractivity contribution is 8.00. The summed E-state index contributed by atoms with van der Waals surface area (Å²) in [5.74, 6) is 1.67. The van der Waals surface area contributed by atoms with Crippen molar-refractivity contribution in [2.45, 2.75) is 81.3 Å². The Labute approximate surface area is 180 Å². The van der Waals surface area contributed by atoms with Gasteiger partial charge in [0, 0.05) is 24.3 Å². The zero-order chi connectivity index (χ0) is 22.1. The first-order valence-corrected chi connectivity index (χ1v) is 11.9. The van der Waals surface area contributed by atoms with E-state index in [-0.39, 0.29) is 30.5 Å². The van der Waals surface area contributed by atoms with Crippen LogP contribution < -0.4 is 16.4 Å². The maximum atomic E-state index is 13.1. The molecule has 2 aliphatic heterocycles. The summed E-state index contributed by atoms with van der Waals surface area (Å²) in [6, 6.07) is -1.12. The van der Waals surface area contributed by atoms with Crippen molar-refractivity contribution in [1.82, 2.24) is 10.6 Å². The molecule has 0 aromatic heterocycles. The summed E-state index contributed by atoms with van der Waals surface area (Å²) in [4.78, 5) is 12.2. The van der Waals surface area contributed by atoms with E-state index in [4.69, 9.17) is 10.5 Å². The molecule has 0 bridgehead atoms. The van der Waals surface area contributed by atoms with Crippen molar-refractivity contribution in [2.75, 3.05) is 18.8 Å². The zero-order valence-electron chi connectivity index (χ0n) is 17.6. The highest BCUT2D eigenvalue weighted by Gasteiger charge is 2.56. The number of halogens is 3. The quantitative estimate of drug-likeness (QED) is 0.438. The van der Waals surface area contributed by atoms with Gasteiger partial charge in [-0.05, 0) is 51.0 Å². The normalized spacial score (nSPS) is 37.9. The SMILES string of the molecule is CCC(O)(C(N)CNCC1CCC2C(C1)OC(=O)CC2C1CSC(C)N1)C(F)(F)F. The van der Waals surface area contributed by atoms with Gasteiger partial charge in [-0.25, -0.2) is 0 Å². The predicted octanol–water partition coefficient (Wildman–Crippen LogP) is 2.01. The Hall–Kier alpha value is -0.550. The minimum absolute atomic E-state index is 0.127. The van der Waals surface area contributed by atoms with Gasteiger partial charge in [-0.3, -0.25) is 4.79 Å². The maximum absolute atomic E-state index is 13.1. The molecular weight excluding hydrogens is 419 g/mol. The third kappa shape index (κ3) is 5.09. The number of fused-ring (bicyclic) bond motifs is 1. The van der Waals surface area contributed by atoms with Gasteiger partial charge in [0.15, 0.2) is 5.60 Å². The third-order valence-corrected chi connectivity index (χ3v) is 8.31. The Kier molecular flexibility index (Phi) is 7.65. The van der Waals surface area contributed by atoms with Crippen LogP contribution in [0.3, 0.4) is 0 Å². The first-order chi connectivity index (χ1) is 14.0. The number of nitrogens with two attached hydrogens (primary N) is 1. The minimum atomic E-state index is -4.77. The van der Waals surface area contributed by atoms with Gasteiger partial charge in [0.2, 0.25) is 0 Å². The molecule has 2 heterocycles. The van der Waals surface area contributed by atoms with Crippen LogP contribution in [0.2, 0.25) is 0 Å². The van der Waals surface area contributed by atoms with E-state index in [0.29, 0.717) is 36.7 Å². The van der Waals surface area contributed by atoms with Crippen molar-refractivity contribution in [3.05, 3.63) is 0 Å². The van der Waals surface area contributed by atoms with Crippen LogP contribution in [0.15, 0.2) is 0 Å². The first-order valence-electron chi connectivity index (χ1n) is 10.9. The first kappa shape index (κ1) is 24.1. The number of alkyl halides is 3. The number of hydrogen-bond acceptors (Lipinski definition) is 7. The summed E-state index contributed by atoms with van der Waals surface area (Å²) < 4.78 is 45.1. The Morgan fingerprint density at radius 3 is 2.70 bits per heavy atom. The van der Waals surface area contributed by atoms with Crippen molar-refractivity contribution in [3.63, 3.8) is 0 Å². The van der Waals surface area contributed by atoms with Crippen LogP contribution >= 0.6 is 11.8 Å². The minimum Gasteiger partial charge on any atom is -0.462 e. The average Bonchev–Trinajstić information content (AvgIpc) is 3.11. The van der Waals surface area contributed by atoms with Crippen molar-refractivity contribution in [2.24, 2.45) is 23.5 Å². The smallest absolute Gasteiger partial charge is 0.418 e. The van der Waals surface area contributed by atoms with Crippen molar-refractivity contribution in [1.29, 1.82) is 0 Å². The molecule has 8 atom stereocenters. The summed E-state index contributed by atoms with van der Waals surface area (Å²) in [6.07, 6.45) is -2.34. The summed E-state index contributed by atoms with van der Waals surface area (Å²) in [6.45, 7) is 3.78. The number of aliphatic hydroxyl groups is 1. The summed E-state index contributed by atoms with van der Waals surface area (Å²) in [7, 11) is 0. The van der Waals surface area contributed by atoms with Gasteiger partial charge in [0.1, 0.15) is 6.10 Å². The monoisotopic (exact) mass is 453 g/mol. The summed E-state index contributed by atoms with van der Waals surface area (Å²) in [5.41, 5.74) is 2.78. The van der Waals surface area contributed by atoms with Gasteiger partial charge in [-0.2, -0.15) is 13.2 Å². The lowest BCUT2D eigenvalue weighted by molar-refractivity contribution is -0.268. The Morgan fingerprint density at radius 2 is 2.10 bits per heavy atom. The molecule has 5 N–H and O–H groups in total. The number of hydrogen-bond donors (Lipinski definition) is 4. The van der Waals surface area contributed by atoms with E-state index in [1.165, 1.54) is 6.92 Å². The summed E-state index contributed by atoms with van der Waals surface area (Å²) >= 11 is 1.87. The van der Waals surface area contributed by atoms with E-state index in [1.54, 1.807) is 0 Å². The van der Waals surface area contributed by atoms with Crippen LogP contribution in [0.5, 0.6) is 0 Å². The molecule has 0 spiro atoms. The van der Waals surface area contributed by atoms with Gasteiger partial charge < -0.3 is 26.2 Å². The van der Waals surface area contributed by atoms with Crippen LogP contribution in [-0.4, -0.2) is 65.3 Å². The Morgan fingerprint density at radius 1 is 1.37 bits per heavy atom. The lowest BCUT2D eigenvalue weighted by Crippen LogP contribution is -2.61. The van der Waals surface area contributed by atoms with Gasteiger partial charge in [0.25, 0.3) is 0 Å². The Bertz CT molecular complexity index is 612. The van der Waals surface area contributed by atoms with Gasteiger partial charge in [-0.1, -0.05) is 6.92 Å². The molecule has 1 saturated carbocycles. The van der Waals surface area contributed by atoms with Crippen LogP contribution in [-0.2, 0) is 9.53 Å². The third-order valence-electron chi connectivity index (χ3n) is 7.12. The van der Waals surface area contributed by atoms with Gasteiger partial charge in [0.05, 0.1) is 17.8 Å². The molecule has 0 aromatic rings. The molecule has 3 rings (SSSR count). The molecule has 3 fully saturated rings. The van der Waals surface area contributed by atoms with Crippen LogP contribution in [0, 0.1) is 17.8 Å². The largest absolute Gasteiger partial charge is 0.462 e. The van der Waals surface area contributed by atoms with Gasteiger partial charge >= 0.3 is 12.1 Å². The highest BCUT2D eigenvalue weighted by Crippen LogP contribution is 2.43. The zero-order valence-corrected chi connectivity index (χ0v) is 18.4. The lowest BCUT2D eigenvalue weighted by atomic mass is 9.69. The number of carbonyl (C=O) groups excluding carboxylic acids is 1. The molecule has 6 nitrogen and oxygen atoms in total. The van der Waals surface area contributed by atoms with Crippen LogP contribution in [0.4, 0.5) is 13.2 Å².